The van der Waals surface area contributed by atoms with Crippen molar-refractivity contribution in [1.29, 1.82) is 0 Å². The van der Waals surface area contributed by atoms with Gasteiger partial charge in [-0.25, -0.2) is 4.79 Å². The van der Waals surface area contributed by atoms with Crippen molar-refractivity contribution in [2.75, 3.05) is 14.2 Å². The van der Waals surface area contributed by atoms with Crippen LogP contribution in [0.4, 0.5) is 0 Å². The molecular formula is C23H24N4O5. The molecular weight excluding hydrogens is 412 g/mol. The lowest BCUT2D eigenvalue weighted by atomic mass is 10.2. The van der Waals surface area contributed by atoms with Crippen molar-refractivity contribution in [3.8, 4) is 22.9 Å². The van der Waals surface area contributed by atoms with Gasteiger partial charge in [0.1, 0.15) is 6.54 Å². The number of rotatable bonds is 7. The summed E-state index contributed by atoms with van der Waals surface area (Å²) in [5, 5.41) is 4.51. The minimum Gasteiger partial charge on any atom is -0.493 e. The minimum atomic E-state index is -0.408. The summed E-state index contributed by atoms with van der Waals surface area (Å²) < 4.78 is 18.8. The molecule has 0 saturated carbocycles. The second-order valence-corrected chi connectivity index (χ2v) is 7.40. The molecule has 9 nitrogen and oxygen atoms in total. The summed E-state index contributed by atoms with van der Waals surface area (Å²) in [5.41, 5.74) is 0.494. The van der Waals surface area contributed by atoms with Gasteiger partial charge in [0.2, 0.25) is 11.7 Å². The van der Waals surface area contributed by atoms with E-state index in [4.69, 9.17) is 14.0 Å². The Bertz CT molecular complexity index is 1390. The van der Waals surface area contributed by atoms with E-state index in [9.17, 15) is 9.59 Å². The molecule has 0 aliphatic rings. The first-order chi connectivity index (χ1) is 15.5. The number of hydrogen-bond acceptors (Lipinski definition) is 7. The van der Waals surface area contributed by atoms with Crippen LogP contribution in [0.3, 0.4) is 0 Å². The van der Waals surface area contributed by atoms with E-state index < -0.39 is 5.69 Å². The lowest BCUT2D eigenvalue weighted by molar-refractivity contribution is 0.355. The predicted octanol–water partition coefficient (Wildman–Crippen LogP) is 3.25. The Hall–Kier alpha value is -3.88. The molecule has 0 fully saturated rings. The second-order valence-electron chi connectivity index (χ2n) is 7.40. The van der Waals surface area contributed by atoms with E-state index in [1.54, 1.807) is 56.7 Å². The van der Waals surface area contributed by atoms with Crippen LogP contribution in [0.25, 0.3) is 22.3 Å². The molecule has 0 saturated heterocycles. The molecule has 166 valence electrons. The Labute approximate surface area is 183 Å². The number of nitrogens with zero attached hydrogens (tertiary/aromatic N) is 4. The van der Waals surface area contributed by atoms with Crippen molar-refractivity contribution in [3.63, 3.8) is 0 Å². The van der Waals surface area contributed by atoms with Crippen LogP contribution in [0.1, 0.15) is 32.2 Å². The molecule has 0 aliphatic carbocycles. The second kappa shape index (κ2) is 8.70. The summed E-state index contributed by atoms with van der Waals surface area (Å²) in [4.78, 5) is 30.6. The quantitative estimate of drug-likeness (QED) is 0.438. The molecule has 1 unspecified atom stereocenters. The lowest BCUT2D eigenvalue weighted by Gasteiger charge is -2.16. The van der Waals surface area contributed by atoms with Gasteiger partial charge >= 0.3 is 5.69 Å². The molecule has 0 N–H and O–H groups in total. The largest absolute Gasteiger partial charge is 0.493 e. The molecule has 2 heterocycles. The van der Waals surface area contributed by atoms with Crippen LogP contribution >= 0.6 is 0 Å². The summed E-state index contributed by atoms with van der Waals surface area (Å²) in [7, 11) is 3.11. The molecule has 4 rings (SSSR count). The van der Waals surface area contributed by atoms with Gasteiger partial charge in [-0.2, -0.15) is 4.98 Å². The maximum absolute atomic E-state index is 13.2. The van der Waals surface area contributed by atoms with Gasteiger partial charge in [-0.3, -0.25) is 13.9 Å². The van der Waals surface area contributed by atoms with Crippen molar-refractivity contribution in [3.05, 3.63) is 69.2 Å². The van der Waals surface area contributed by atoms with Crippen LogP contribution in [0, 0.1) is 0 Å². The monoisotopic (exact) mass is 436 g/mol. The molecule has 0 bridgehead atoms. The average Bonchev–Trinajstić information content (AvgIpc) is 3.29. The fourth-order valence-electron chi connectivity index (χ4n) is 3.61. The Kier molecular flexibility index (Phi) is 5.81. The number of hydrogen-bond donors (Lipinski definition) is 0. The number of methoxy groups -OCH3 is 2. The normalized spacial score (nSPS) is 12.1. The maximum atomic E-state index is 13.2. The molecule has 1 atom stereocenters. The third-order valence-corrected chi connectivity index (χ3v) is 5.52. The van der Waals surface area contributed by atoms with Gasteiger partial charge in [-0.15, -0.1) is 0 Å². The zero-order chi connectivity index (χ0) is 22.8. The predicted molar refractivity (Wildman–Crippen MR) is 119 cm³/mol. The number of para-hydroxylation sites is 1. The highest BCUT2D eigenvalue weighted by atomic mass is 16.5. The van der Waals surface area contributed by atoms with Gasteiger partial charge in [0.05, 0.1) is 25.1 Å². The van der Waals surface area contributed by atoms with Crippen molar-refractivity contribution in [1.82, 2.24) is 19.3 Å². The number of aromatic nitrogens is 4. The van der Waals surface area contributed by atoms with E-state index in [1.807, 2.05) is 13.8 Å². The fraction of sp³-hybridized carbons (Fsp3) is 0.304. The average molecular weight is 436 g/mol. The van der Waals surface area contributed by atoms with Gasteiger partial charge in [0.15, 0.2) is 11.5 Å². The number of ether oxygens (including phenoxy) is 2. The smallest absolute Gasteiger partial charge is 0.332 e. The third kappa shape index (κ3) is 3.66. The molecule has 0 aliphatic heterocycles. The Morgan fingerprint density at radius 3 is 2.53 bits per heavy atom. The van der Waals surface area contributed by atoms with E-state index >= 15 is 0 Å². The highest BCUT2D eigenvalue weighted by Gasteiger charge is 2.19. The zero-order valence-corrected chi connectivity index (χ0v) is 18.4. The first-order valence-corrected chi connectivity index (χ1v) is 10.3. The van der Waals surface area contributed by atoms with Crippen molar-refractivity contribution in [2.45, 2.75) is 32.9 Å². The summed E-state index contributed by atoms with van der Waals surface area (Å²) in [6, 6.07) is 12.1. The highest BCUT2D eigenvalue weighted by molar-refractivity contribution is 5.77. The van der Waals surface area contributed by atoms with Gasteiger partial charge in [-0.05, 0) is 43.7 Å². The van der Waals surface area contributed by atoms with Crippen molar-refractivity contribution in [2.24, 2.45) is 0 Å². The van der Waals surface area contributed by atoms with Crippen molar-refractivity contribution < 1.29 is 14.0 Å². The molecule has 0 amide bonds. The summed E-state index contributed by atoms with van der Waals surface area (Å²) in [6.07, 6.45) is 0.650. The molecule has 32 heavy (non-hydrogen) atoms. The van der Waals surface area contributed by atoms with E-state index in [-0.39, 0.29) is 24.0 Å². The SMILES string of the molecule is CCC(C)n1c(=O)c2ccccc2n(Cc2nc(-c3ccc(OC)c(OC)c3)no2)c1=O. The lowest BCUT2D eigenvalue weighted by Crippen LogP contribution is -2.41. The number of fused-ring (bicyclic) bond motifs is 1. The Morgan fingerprint density at radius 2 is 1.81 bits per heavy atom. The number of benzene rings is 2. The van der Waals surface area contributed by atoms with Crippen LogP contribution in [-0.4, -0.2) is 33.5 Å². The van der Waals surface area contributed by atoms with Crippen molar-refractivity contribution >= 4 is 10.9 Å². The van der Waals surface area contributed by atoms with Gasteiger partial charge in [0.25, 0.3) is 5.56 Å². The highest BCUT2D eigenvalue weighted by Crippen LogP contribution is 2.31. The molecule has 0 spiro atoms. The molecule has 2 aromatic heterocycles. The van der Waals surface area contributed by atoms with Gasteiger partial charge < -0.3 is 14.0 Å². The maximum Gasteiger partial charge on any atom is 0.332 e. The van der Waals surface area contributed by atoms with Gasteiger partial charge in [-0.1, -0.05) is 24.2 Å². The summed E-state index contributed by atoms with van der Waals surface area (Å²) in [5.74, 6) is 1.73. The first kappa shape index (κ1) is 21.4. The summed E-state index contributed by atoms with van der Waals surface area (Å²) in [6.45, 7) is 3.82. The fourth-order valence-corrected chi connectivity index (χ4v) is 3.61. The molecule has 4 aromatic rings. The van der Waals surface area contributed by atoms with Gasteiger partial charge in [0, 0.05) is 11.6 Å². The minimum absolute atomic E-state index is 0.0380. The Morgan fingerprint density at radius 1 is 1.06 bits per heavy atom. The van der Waals surface area contributed by atoms with E-state index in [0.717, 1.165) is 0 Å². The van der Waals surface area contributed by atoms with E-state index in [0.29, 0.717) is 40.2 Å². The molecule has 9 heteroatoms. The zero-order valence-electron chi connectivity index (χ0n) is 18.4. The van der Waals surface area contributed by atoms with Crippen LogP contribution in [0.2, 0.25) is 0 Å². The first-order valence-electron chi connectivity index (χ1n) is 10.3. The molecule has 0 radical (unpaired) electrons. The standard InChI is InChI=1S/C23H24N4O5/c1-5-14(2)27-22(28)16-8-6-7-9-17(16)26(23(27)29)13-20-24-21(25-32-20)15-10-11-18(30-3)19(12-15)31-4/h6-12,14H,5,13H2,1-4H3. The topological polar surface area (TPSA) is 101 Å². The Balaban J connectivity index is 1.78. The van der Waals surface area contributed by atoms with E-state index in [2.05, 4.69) is 10.1 Å². The van der Waals surface area contributed by atoms with Crippen LogP contribution in [-0.2, 0) is 6.54 Å². The third-order valence-electron chi connectivity index (χ3n) is 5.52. The summed E-state index contributed by atoms with van der Waals surface area (Å²) >= 11 is 0. The van der Waals surface area contributed by atoms with Crippen LogP contribution in [0.15, 0.2) is 56.6 Å². The molecule has 2 aromatic carbocycles. The van der Waals surface area contributed by atoms with Crippen LogP contribution < -0.4 is 20.7 Å². The van der Waals surface area contributed by atoms with E-state index in [1.165, 1.54) is 9.13 Å². The van der Waals surface area contributed by atoms with Crippen LogP contribution in [0.5, 0.6) is 11.5 Å².